The molecule has 11 heteroatoms. The Morgan fingerprint density at radius 2 is 1.66 bits per heavy atom. The van der Waals surface area contributed by atoms with Crippen LogP contribution < -0.4 is 14.8 Å². The topological polar surface area (TPSA) is 94.2 Å². The summed E-state index contributed by atoms with van der Waals surface area (Å²) in [5, 5.41) is 2.60. The van der Waals surface area contributed by atoms with Crippen LogP contribution >= 0.6 is 0 Å². The number of benzene rings is 2. The number of carbonyl (C=O) groups is 3. The van der Waals surface area contributed by atoms with E-state index in [0.29, 0.717) is 30.0 Å². The van der Waals surface area contributed by atoms with Gasteiger partial charge < -0.3 is 24.4 Å². The minimum Gasteiger partial charge on any atom is -0.497 e. The van der Waals surface area contributed by atoms with Crippen LogP contribution in [0.15, 0.2) is 42.5 Å². The Bertz CT molecular complexity index is 1060. The highest BCUT2D eigenvalue weighted by molar-refractivity contribution is 5.95. The van der Waals surface area contributed by atoms with E-state index in [2.05, 4.69) is 5.32 Å². The van der Waals surface area contributed by atoms with Gasteiger partial charge in [0, 0.05) is 24.7 Å². The molecule has 0 atom stereocenters. The first-order chi connectivity index (χ1) is 16.6. The quantitative estimate of drug-likeness (QED) is 0.590. The average Bonchev–Trinajstić information content (AvgIpc) is 2.86. The molecular weight excluding hydrogens is 469 g/mol. The predicted octanol–water partition coefficient (Wildman–Crippen LogP) is 3.76. The Kier molecular flexibility index (Phi) is 8.21. The van der Waals surface area contributed by atoms with Crippen LogP contribution in [0.2, 0.25) is 0 Å². The summed E-state index contributed by atoms with van der Waals surface area (Å²) in [6.07, 6.45) is -3.84. The van der Waals surface area contributed by atoms with E-state index >= 15 is 0 Å². The molecule has 1 aliphatic rings. The van der Waals surface area contributed by atoms with Crippen molar-refractivity contribution >= 4 is 23.5 Å². The summed E-state index contributed by atoms with van der Waals surface area (Å²) in [6.45, 7) is -0.0104. The van der Waals surface area contributed by atoms with Crippen LogP contribution in [0.4, 0.5) is 18.9 Å². The normalized spacial score (nSPS) is 14.3. The van der Waals surface area contributed by atoms with Gasteiger partial charge in [0.15, 0.2) is 6.61 Å². The number of ether oxygens (including phenoxy) is 3. The number of nitrogens with zero attached hydrogens (tertiary/aromatic N) is 1. The molecule has 0 aromatic heterocycles. The molecule has 1 saturated heterocycles. The molecule has 2 aromatic rings. The Morgan fingerprint density at radius 1 is 1.00 bits per heavy atom. The number of esters is 1. The lowest BCUT2D eigenvalue weighted by molar-refractivity contribution is -0.152. The van der Waals surface area contributed by atoms with Gasteiger partial charge in [-0.1, -0.05) is 0 Å². The summed E-state index contributed by atoms with van der Waals surface area (Å²) < 4.78 is 53.6. The third kappa shape index (κ3) is 6.65. The molecule has 2 amide bonds. The van der Waals surface area contributed by atoms with E-state index in [1.807, 2.05) is 0 Å². The van der Waals surface area contributed by atoms with Gasteiger partial charge in [0.1, 0.15) is 11.5 Å². The molecule has 1 aliphatic heterocycles. The van der Waals surface area contributed by atoms with Gasteiger partial charge in [-0.05, 0) is 49.2 Å². The summed E-state index contributed by atoms with van der Waals surface area (Å²) in [6, 6.07) is 8.88. The number of piperidine rings is 1. The summed E-state index contributed by atoms with van der Waals surface area (Å²) in [5.41, 5.74) is -0.323. The summed E-state index contributed by atoms with van der Waals surface area (Å²) in [5.74, 6) is -1.09. The fraction of sp³-hybridized carbons (Fsp3) is 0.375. The van der Waals surface area contributed by atoms with E-state index in [9.17, 15) is 27.6 Å². The number of alkyl halides is 3. The molecule has 0 unspecified atom stereocenters. The minimum atomic E-state index is -4.47. The number of hydrogen-bond acceptors (Lipinski definition) is 6. The Balaban J connectivity index is 1.47. The number of amides is 2. The van der Waals surface area contributed by atoms with Gasteiger partial charge in [0.25, 0.3) is 11.8 Å². The van der Waals surface area contributed by atoms with Crippen molar-refractivity contribution in [1.29, 1.82) is 0 Å². The molecule has 1 heterocycles. The lowest BCUT2D eigenvalue weighted by Gasteiger charge is -2.31. The number of nitrogens with one attached hydrogen (secondary N) is 1. The van der Waals surface area contributed by atoms with Crippen molar-refractivity contribution in [3.05, 3.63) is 53.6 Å². The largest absolute Gasteiger partial charge is 0.497 e. The van der Waals surface area contributed by atoms with Crippen LogP contribution in [-0.2, 0) is 20.5 Å². The van der Waals surface area contributed by atoms with Crippen LogP contribution in [0.3, 0.4) is 0 Å². The summed E-state index contributed by atoms with van der Waals surface area (Å²) in [7, 11) is 2.93. The molecule has 8 nitrogen and oxygen atoms in total. The van der Waals surface area contributed by atoms with Gasteiger partial charge in [-0.15, -0.1) is 0 Å². The third-order valence-corrected chi connectivity index (χ3v) is 5.60. The number of methoxy groups -OCH3 is 2. The maximum atomic E-state index is 12.7. The summed E-state index contributed by atoms with van der Waals surface area (Å²) in [4.78, 5) is 38.7. The van der Waals surface area contributed by atoms with Crippen molar-refractivity contribution in [3.63, 3.8) is 0 Å². The lowest BCUT2D eigenvalue weighted by Crippen LogP contribution is -2.41. The second kappa shape index (κ2) is 11.1. The van der Waals surface area contributed by atoms with Gasteiger partial charge in [-0.3, -0.25) is 14.4 Å². The maximum absolute atomic E-state index is 12.7. The standard InChI is InChI=1S/C24H25F3N2O6/c1-33-18-7-8-20(34-2)19(13-18)28-21(30)14-35-23(32)16-9-11-29(12-10-16)22(31)15-3-5-17(6-4-15)24(25,26)27/h3-8,13,16H,9-12,14H2,1-2H3,(H,28,30). The number of anilines is 1. The van der Waals surface area contributed by atoms with Gasteiger partial charge in [-0.25, -0.2) is 0 Å². The van der Waals surface area contributed by atoms with E-state index in [1.165, 1.54) is 19.1 Å². The van der Waals surface area contributed by atoms with Crippen LogP contribution in [0, 0.1) is 5.92 Å². The molecule has 0 bridgehead atoms. The Hall–Kier alpha value is -3.76. The van der Waals surface area contributed by atoms with Crippen molar-refractivity contribution in [3.8, 4) is 11.5 Å². The Morgan fingerprint density at radius 3 is 2.23 bits per heavy atom. The van der Waals surface area contributed by atoms with Gasteiger partial charge in [0.2, 0.25) is 0 Å². The van der Waals surface area contributed by atoms with Gasteiger partial charge in [0.05, 0.1) is 31.4 Å². The zero-order chi connectivity index (χ0) is 25.6. The predicted molar refractivity (Wildman–Crippen MR) is 119 cm³/mol. The van der Waals surface area contributed by atoms with Crippen molar-refractivity contribution in [2.45, 2.75) is 19.0 Å². The molecule has 2 aromatic carbocycles. The zero-order valence-corrected chi connectivity index (χ0v) is 19.2. The Labute approximate surface area is 199 Å². The molecule has 0 aliphatic carbocycles. The molecule has 188 valence electrons. The van der Waals surface area contributed by atoms with Crippen LogP contribution in [0.5, 0.6) is 11.5 Å². The first-order valence-electron chi connectivity index (χ1n) is 10.8. The smallest absolute Gasteiger partial charge is 0.416 e. The van der Waals surface area contributed by atoms with Crippen molar-refractivity contribution in [1.82, 2.24) is 4.90 Å². The third-order valence-electron chi connectivity index (χ3n) is 5.60. The fourth-order valence-electron chi connectivity index (χ4n) is 3.66. The lowest BCUT2D eigenvalue weighted by atomic mass is 9.96. The van der Waals surface area contributed by atoms with E-state index in [-0.39, 0.29) is 18.7 Å². The molecule has 35 heavy (non-hydrogen) atoms. The van der Waals surface area contributed by atoms with Gasteiger partial charge >= 0.3 is 12.1 Å². The fourth-order valence-corrected chi connectivity index (χ4v) is 3.66. The van der Waals surface area contributed by atoms with Crippen LogP contribution in [0.25, 0.3) is 0 Å². The van der Waals surface area contributed by atoms with Crippen molar-refractivity contribution in [2.24, 2.45) is 5.92 Å². The second-order valence-corrected chi connectivity index (χ2v) is 7.86. The molecule has 0 spiro atoms. The number of hydrogen-bond donors (Lipinski definition) is 1. The molecule has 0 saturated carbocycles. The molecule has 3 rings (SSSR count). The van der Waals surface area contributed by atoms with E-state index < -0.39 is 42.0 Å². The number of likely N-dealkylation sites (tertiary alicyclic amines) is 1. The minimum absolute atomic E-state index is 0.142. The number of carbonyl (C=O) groups excluding carboxylic acids is 3. The monoisotopic (exact) mass is 494 g/mol. The van der Waals surface area contributed by atoms with Crippen LogP contribution in [0.1, 0.15) is 28.8 Å². The van der Waals surface area contributed by atoms with Crippen molar-refractivity contribution < 1.29 is 41.8 Å². The maximum Gasteiger partial charge on any atom is 0.416 e. The van der Waals surface area contributed by atoms with E-state index in [4.69, 9.17) is 14.2 Å². The SMILES string of the molecule is COc1ccc(OC)c(NC(=O)COC(=O)C2CCN(C(=O)c3ccc(C(F)(F)F)cc3)CC2)c1. The highest BCUT2D eigenvalue weighted by Crippen LogP contribution is 2.30. The highest BCUT2D eigenvalue weighted by Gasteiger charge is 2.32. The molecule has 1 fully saturated rings. The number of rotatable bonds is 7. The van der Waals surface area contributed by atoms with E-state index in [0.717, 1.165) is 24.3 Å². The summed E-state index contributed by atoms with van der Waals surface area (Å²) >= 11 is 0. The van der Waals surface area contributed by atoms with Gasteiger partial charge in [-0.2, -0.15) is 13.2 Å². The zero-order valence-electron chi connectivity index (χ0n) is 19.2. The van der Waals surface area contributed by atoms with Crippen molar-refractivity contribution in [2.75, 3.05) is 39.2 Å². The molecular formula is C24H25F3N2O6. The molecule has 0 radical (unpaired) electrons. The first-order valence-corrected chi connectivity index (χ1v) is 10.8. The second-order valence-electron chi connectivity index (χ2n) is 7.86. The van der Waals surface area contributed by atoms with Crippen LogP contribution in [-0.4, -0.2) is 56.6 Å². The highest BCUT2D eigenvalue weighted by atomic mass is 19.4. The van der Waals surface area contributed by atoms with E-state index in [1.54, 1.807) is 18.2 Å². The molecule has 1 N–H and O–H groups in total. The average molecular weight is 494 g/mol. The number of halogens is 3. The first kappa shape index (κ1) is 25.9.